The van der Waals surface area contributed by atoms with E-state index < -0.39 is 23.8 Å². The average molecular weight is 321 g/mol. The number of amides is 1. The minimum absolute atomic E-state index is 0.0361. The minimum Gasteiger partial charge on any atom is -0.454 e. The van der Waals surface area contributed by atoms with Crippen LogP contribution >= 0.6 is 0 Å². The third-order valence-corrected chi connectivity index (χ3v) is 2.73. The maximum absolute atomic E-state index is 12.1. The highest BCUT2D eigenvalue weighted by molar-refractivity contribution is 6.00. The Hall–Kier alpha value is -2.37. The lowest BCUT2D eigenvalue weighted by molar-refractivity contribution is -0.146. The van der Waals surface area contributed by atoms with Crippen LogP contribution in [-0.2, 0) is 14.3 Å². The van der Waals surface area contributed by atoms with Crippen molar-refractivity contribution in [1.29, 1.82) is 0 Å². The van der Waals surface area contributed by atoms with E-state index in [-0.39, 0.29) is 18.7 Å². The second-order valence-electron chi connectivity index (χ2n) is 6.04. The van der Waals surface area contributed by atoms with Crippen LogP contribution in [0.15, 0.2) is 30.3 Å². The Labute approximate surface area is 136 Å². The first-order valence-corrected chi connectivity index (χ1v) is 7.44. The summed E-state index contributed by atoms with van der Waals surface area (Å²) in [4.78, 5) is 35.2. The minimum atomic E-state index is -0.869. The lowest BCUT2D eigenvalue weighted by atomic mass is 10.1. The first-order valence-electron chi connectivity index (χ1n) is 7.44. The molecule has 23 heavy (non-hydrogen) atoms. The van der Waals surface area contributed by atoms with E-state index in [1.54, 1.807) is 51.1 Å². The predicted molar refractivity (Wildman–Crippen MR) is 85.2 cm³/mol. The van der Waals surface area contributed by atoms with Gasteiger partial charge in [0, 0.05) is 12.1 Å². The Kier molecular flexibility index (Phi) is 6.75. The fourth-order valence-electron chi connectivity index (χ4n) is 1.73. The van der Waals surface area contributed by atoms with Gasteiger partial charge in [0.25, 0.3) is 0 Å². The molecule has 1 rings (SSSR count). The zero-order valence-electron chi connectivity index (χ0n) is 13.9. The van der Waals surface area contributed by atoms with Gasteiger partial charge in [0.2, 0.25) is 5.78 Å². The molecule has 6 nitrogen and oxygen atoms in total. The topological polar surface area (TPSA) is 81.7 Å². The largest absolute Gasteiger partial charge is 0.454 e. The van der Waals surface area contributed by atoms with Crippen molar-refractivity contribution in [2.45, 2.75) is 45.8 Å². The van der Waals surface area contributed by atoms with Gasteiger partial charge < -0.3 is 14.8 Å². The van der Waals surface area contributed by atoms with Gasteiger partial charge in [-0.2, -0.15) is 0 Å². The molecule has 0 fully saturated rings. The van der Waals surface area contributed by atoms with E-state index in [0.29, 0.717) is 5.56 Å². The van der Waals surface area contributed by atoms with Gasteiger partial charge in [-0.3, -0.25) is 9.59 Å². The van der Waals surface area contributed by atoms with E-state index in [9.17, 15) is 14.4 Å². The highest BCUT2D eigenvalue weighted by Gasteiger charge is 2.20. The maximum Gasteiger partial charge on any atom is 0.407 e. The SMILES string of the molecule is C[C@H](OC(=O)CCNC(=O)OC(C)(C)C)C(=O)c1ccccc1. The molecule has 6 heteroatoms. The number of esters is 1. The van der Waals surface area contributed by atoms with E-state index in [1.165, 1.54) is 6.92 Å². The molecule has 1 aromatic rings. The number of hydrogen-bond donors (Lipinski definition) is 1. The first kappa shape index (κ1) is 18.7. The van der Waals surface area contributed by atoms with Crippen molar-refractivity contribution in [1.82, 2.24) is 5.32 Å². The van der Waals surface area contributed by atoms with Crippen molar-refractivity contribution in [3.05, 3.63) is 35.9 Å². The maximum atomic E-state index is 12.1. The lowest BCUT2D eigenvalue weighted by Gasteiger charge is -2.19. The van der Waals surface area contributed by atoms with Crippen LogP contribution < -0.4 is 5.32 Å². The molecule has 0 unspecified atom stereocenters. The number of benzene rings is 1. The molecule has 0 saturated carbocycles. The summed E-state index contributed by atoms with van der Waals surface area (Å²) in [6.45, 7) is 6.85. The van der Waals surface area contributed by atoms with Crippen molar-refractivity contribution in [2.24, 2.45) is 0 Å². The van der Waals surface area contributed by atoms with Crippen molar-refractivity contribution in [2.75, 3.05) is 6.54 Å². The van der Waals surface area contributed by atoms with Gasteiger partial charge in [-0.15, -0.1) is 0 Å². The molecule has 0 aliphatic carbocycles. The van der Waals surface area contributed by atoms with Gasteiger partial charge in [-0.1, -0.05) is 30.3 Å². The van der Waals surface area contributed by atoms with Crippen molar-refractivity contribution < 1.29 is 23.9 Å². The molecular weight excluding hydrogens is 298 g/mol. The summed E-state index contributed by atoms with van der Waals surface area (Å²) in [5.74, 6) is -0.822. The number of carbonyl (C=O) groups is 3. The first-order chi connectivity index (χ1) is 10.7. The third kappa shape index (κ3) is 7.44. The number of Topliss-reactive ketones (excluding diaryl/α,β-unsaturated/α-hetero) is 1. The summed E-state index contributed by atoms with van der Waals surface area (Å²) in [6, 6.07) is 8.61. The van der Waals surface area contributed by atoms with E-state index in [4.69, 9.17) is 9.47 Å². The van der Waals surface area contributed by atoms with E-state index in [2.05, 4.69) is 5.32 Å². The molecule has 0 heterocycles. The van der Waals surface area contributed by atoms with Crippen LogP contribution in [-0.4, -0.2) is 36.1 Å². The van der Waals surface area contributed by atoms with Crippen molar-refractivity contribution >= 4 is 17.8 Å². The highest BCUT2D eigenvalue weighted by Crippen LogP contribution is 2.08. The molecule has 0 radical (unpaired) electrons. The Balaban J connectivity index is 2.34. The van der Waals surface area contributed by atoms with Crippen LogP contribution in [0.5, 0.6) is 0 Å². The summed E-state index contributed by atoms with van der Waals surface area (Å²) in [6.07, 6.45) is -1.50. The number of nitrogens with one attached hydrogen (secondary N) is 1. The summed E-state index contributed by atoms with van der Waals surface area (Å²) in [5.41, 5.74) is -0.110. The normalized spacial score (nSPS) is 12.2. The zero-order valence-corrected chi connectivity index (χ0v) is 13.9. The van der Waals surface area contributed by atoms with Crippen molar-refractivity contribution in [3.63, 3.8) is 0 Å². The monoisotopic (exact) mass is 321 g/mol. The van der Waals surface area contributed by atoms with Crippen LogP contribution in [0.25, 0.3) is 0 Å². The molecule has 0 saturated heterocycles. The zero-order chi connectivity index (χ0) is 17.5. The molecule has 0 aliphatic rings. The molecule has 0 aromatic heterocycles. The number of ether oxygens (including phenoxy) is 2. The van der Waals surface area contributed by atoms with E-state index in [1.807, 2.05) is 0 Å². The van der Waals surface area contributed by atoms with Gasteiger partial charge in [0.15, 0.2) is 6.10 Å². The molecule has 126 valence electrons. The smallest absolute Gasteiger partial charge is 0.407 e. The van der Waals surface area contributed by atoms with Gasteiger partial charge in [0.1, 0.15) is 5.60 Å². The Morgan fingerprint density at radius 2 is 1.74 bits per heavy atom. The summed E-state index contributed by atoms with van der Waals surface area (Å²) < 4.78 is 10.1. The summed E-state index contributed by atoms with van der Waals surface area (Å²) in [5, 5.41) is 2.46. The third-order valence-electron chi connectivity index (χ3n) is 2.73. The van der Waals surface area contributed by atoms with Gasteiger partial charge >= 0.3 is 12.1 Å². The number of hydrogen-bond acceptors (Lipinski definition) is 5. The molecule has 1 N–H and O–H groups in total. The van der Waals surface area contributed by atoms with Crippen LogP contribution in [0.1, 0.15) is 44.5 Å². The Morgan fingerprint density at radius 1 is 1.13 bits per heavy atom. The molecule has 1 aromatic carbocycles. The number of carbonyl (C=O) groups excluding carboxylic acids is 3. The van der Waals surface area contributed by atoms with Crippen LogP contribution in [0, 0.1) is 0 Å². The van der Waals surface area contributed by atoms with Crippen LogP contribution in [0.2, 0.25) is 0 Å². The second kappa shape index (κ2) is 8.31. The Bertz CT molecular complexity index is 548. The van der Waals surface area contributed by atoms with Gasteiger partial charge in [0.05, 0.1) is 6.42 Å². The fourth-order valence-corrected chi connectivity index (χ4v) is 1.73. The summed E-state index contributed by atoms with van der Waals surface area (Å²) >= 11 is 0. The molecule has 1 atom stereocenters. The van der Waals surface area contributed by atoms with Crippen molar-refractivity contribution in [3.8, 4) is 0 Å². The summed E-state index contributed by atoms with van der Waals surface area (Å²) in [7, 11) is 0. The molecule has 0 spiro atoms. The van der Waals surface area contributed by atoms with Crippen LogP contribution in [0.4, 0.5) is 4.79 Å². The average Bonchev–Trinajstić information content (AvgIpc) is 2.45. The van der Waals surface area contributed by atoms with Gasteiger partial charge in [-0.05, 0) is 27.7 Å². The van der Waals surface area contributed by atoms with Gasteiger partial charge in [-0.25, -0.2) is 4.79 Å². The molecule has 0 aliphatic heterocycles. The quantitative estimate of drug-likeness (QED) is 0.643. The lowest BCUT2D eigenvalue weighted by Crippen LogP contribution is -2.34. The molecule has 1 amide bonds. The standard InChI is InChI=1S/C17H23NO5/c1-12(15(20)13-8-6-5-7-9-13)22-14(19)10-11-18-16(21)23-17(2,3)4/h5-9,12H,10-11H2,1-4H3,(H,18,21)/t12-/m0/s1. The van der Waals surface area contributed by atoms with Crippen LogP contribution in [0.3, 0.4) is 0 Å². The molecule has 0 bridgehead atoms. The predicted octanol–water partition coefficient (Wildman–Crippen LogP) is 2.72. The number of alkyl carbamates (subject to hydrolysis) is 1. The second-order valence-corrected chi connectivity index (χ2v) is 6.04. The van der Waals surface area contributed by atoms with E-state index >= 15 is 0 Å². The number of rotatable bonds is 6. The molecular formula is C17H23NO5. The number of ketones is 1. The Morgan fingerprint density at radius 3 is 2.30 bits per heavy atom. The fraction of sp³-hybridized carbons (Fsp3) is 0.471. The van der Waals surface area contributed by atoms with E-state index in [0.717, 1.165) is 0 Å². The highest BCUT2D eigenvalue weighted by atomic mass is 16.6.